The number of carbonyl (C=O) groups excluding carboxylic acids is 1. The topological polar surface area (TPSA) is 64.9 Å². The Morgan fingerprint density at radius 1 is 1.47 bits per heavy atom. The zero-order valence-electron chi connectivity index (χ0n) is 8.31. The summed E-state index contributed by atoms with van der Waals surface area (Å²) in [5, 5.41) is 0. The fourth-order valence-electron chi connectivity index (χ4n) is 1.24. The molecule has 1 heterocycles. The lowest BCUT2D eigenvalue weighted by atomic mass is 10.1. The number of epoxide rings is 1. The predicted octanol–water partition coefficient (Wildman–Crippen LogP) is 0.701. The maximum Gasteiger partial charge on any atom is 0.248 e. The number of nitrogens with two attached hydrogens (primary N) is 1. The van der Waals surface area contributed by atoms with Crippen LogP contribution in [0.4, 0.5) is 0 Å². The summed E-state index contributed by atoms with van der Waals surface area (Å²) in [4.78, 5) is 10.8. The van der Waals surface area contributed by atoms with E-state index in [9.17, 15) is 4.79 Å². The van der Waals surface area contributed by atoms with Crippen LogP contribution in [-0.4, -0.2) is 25.2 Å². The molecule has 1 fully saturated rings. The average Bonchev–Trinajstić information content (AvgIpc) is 3.02. The fraction of sp³-hybridized carbons (Fsp3) is 0.364. The van der Waals surface area contributed by atoms with Crippen molar-refractivity contribution >= 4 is 5.91 Å². The Balaban J connectivity index is 1.83. The van der Waals surface area contributed by atoms with Gasteiger partial charge >= 0.3 is 0 Å². The maximum atomic E-state index is 10.8. The van der Waals surface area contributed by atoms with Crippen LogP contribution in [0, 0.1) is 0 Å². The van der Waals surface area contributed by atoms with Crippen molar-refractivity contribution in [1.29, 1.82) is 0 Å². The van der Waals surface area contributed by atoms with Crippen LogP contribution >= 0.6 is 0 Å². The first-order chi connectivity index (χ1) is 7.25. The van der Waals surface area contributed by atoms with E-state index in [-0.39, 0.29) is 6.10 Å². The molecule has 0 aromatic heterocycles. The van der Waals surface area contributed by atoms with Gasteiger partial charge in [-0.15, -0.1) is 0 Å². The zero-order valence-corrected chi connectivity index (χ0v) is 8.31. The molecule has 1 aromatic rings. The van der Waals surface area contributed by atoms with Crippen LogP contribution in [-0.2, 0) is 16.1 Å². The Morgan fingerprint density at radius 2 is 2.13 bits per heavy atom. The number of primary amides is 1. The average molecular weight is 207 g/mol. The molecule has 4 nitrogen and oxygen atoms in total. The molecular weight excluding hydrogens is 194 g/mol. The molecule has 1 unspecified atom stereocenters. The number of ether oxygens (including phenoxy) is 2. The molecule has 1 amide bonds. The number of hydrogen-bond donors (Lipinski definition) is 1. The second-order valence-corrected chi connectivity index (χ2v) is 3.53. The van der Waals surface area contributed by atoms with Gasteiger partial charge in [-0.25, -0.2) is 0 Å². The Kier molecular flexibility index (Phi) is 2.99. The quantitative estimate of drug-likeness (QED) is 0.723. The van der Waals surface area contributed by atoms with Gasteiger partial charge in [0, 0.05) is 5.56 Å². The molecular formula is C11H13NO3. The molecule has 1 saturated heterocycles. The molecule has 15 heavy (non-hydrogen) atoms. The first-order valence-electron chi connectivity index (χ1n) is 4.84. The lowest BCUT2D eigenvalue weighted by molar-refractivity contribution is 0.0998. The van der Waals surface area contributed by atoms with Crippen molar-refractivity contribution in [2.45, 2.75) is 12.7 Å². The van der Waals surface area contributed by atoms with Crippen LogP contribution in [0.25, 0.3) is 0 Å². The highest BCUT2D eigenvalue weighted by atomic mass is 16.6. The molecule has 2 rings (SSSR count). The van der Waals surface area contributed by atoms with Crippen LogP contribution in [0.5, 0.6) is 0 Å². The Morgan fingerprint density at radius 3 is 2.67 bits per heavy atom. The van der Waals surface area contributed by atoms with Crippen molar-refractivity contribution in [3.8, 4) is 0 Å². The van der Waals surface area contributed by atoms with E-state index < -0.39 is 5.91 Å². The van der Waals surface area contributed by atoms with E-state index in [0.717, 1.165) is 12.2 Å². The van der Waals surface area contributed by atoms with Crippen molar-refractivity contribution in [2.24, 2.45) is 5.73 Å². The first kappa shape index (κ1) is 10.1. The number of rotatable bonds is 5. The third-order valence-electron chi connectivity index (χ3n) is 2.21. The highest BCUT2D eigenvalue weighted by Crippen LogP contribution is 2.11. The summed E-state index contributed by atoms with van der Waals surface area (Å²) in [5.41, 5.74) is 6.67. The second-order valence-electron chi connectivity index (χ2n) is 3.53. The van der Waals surface area contributed by atoms with E-state index in [0.29, 0.717) is 18.8 Å². The van der Waals surface area contributed by atoms with Crippen LogP contribution in [0.15, 0.2) is 24.3 Å². The van der Waals surface area contributed by atoms with Gasteiger partial charge in [0.25, 0.3) is 0 Å². The Bertz CT molecular complexity index is 343. The second kappa shape index (κ2) is 4.42. The van der Waals surface area contributed by atoms with Crippen LogP contribution in [0.1, 0.15) is 15.9 Å². The minimum Gasteiger partial charge on any atom is -0.374 e. The third-order valence-corrected chi connectivity index (χ3v) is 2.21. The summed E-state index contributed by atoms with van der Waals surface area (Å²) >= 11 is 0. The molecule has 0 radical (unpaired) electrons. The summed E-state index contributed by atoms with van der Waals surface area (Å²) in [6.45, 7) is 1.98. The molecule has 0 aliphatic carbocycles. The highest BCUT2D eigenvalue weighted by Gasteiger charge is 2.22. The van der Waals surface area contributed by atoms with E-state index in [2.05, 4.69) is 0 Å². The summed E-state index contributed by atoms with van der Waals surface area (Å²) in [5.74, 6) is -0.408. The van der Waals surface area contributed by atoms with Crippen LogP contribution in [0.3, 0.4) is 0 Å². The van der Waals surface area contributed by atoms with Gasteiger partial charge in [0.1, 0.15) is 6.10 Å². The van der Waals surface area contributed by atoms with Gasteiger partial charge in [-0.1, -0.05) is 12.1 Å². The summed E-state index contributed by atoms with van der Waals surface area (Å²) in [6.07, 6.45) is 0.287. The monoisotopic (exact) mass is 207 g/mol. The minimum atomic E-state index is -0.408. The van der Waals surface area contributed by atoms with Crippen molar-refractivity contribution in [1.82, 2.24) is 0 Å². The van der Waals surface area contributed by atoms with Gasteiger partial charge in [0.2, 0.25) is 5.91 Å². The SMILES string of the molecule is NC(=O)c1ccc(COCC2CO2)cc1. The molecule has 1 atom stereocenters. The lowest BCUT2D eigenvalue weighted by Crippen LogP contribution is -2.10. The molecule has 2 N–H and O–H groups in total. The summed E-state index contributed by atoms with van der Waals surface area (Å²) in [6, 6.07) is 7.09. The highest BCUT2D eigenvalue weighted by molar-refractivity contribution is 5.92. The summed E-state index contributed by atoms with van der Waals surface area (Å²) in [7, 11) is 0. The van der Waals surface area contributed by atoms with Crippen LogP contribution in [0.2, 0.25) is 0 Å². The number of amides is 1. The van der Waals surface area contributed by atoms with Gasteiger partial charge in [-0.3, -0.25) is 4.79 Å². The Hall–Kier alpha value is -1.39. The standard InChI is InChI=1S/C11H13NO3/c12-11(13)9-3-1-8(2-4-9)5-14-6-10-7-15-10/h1-4,10H,5-7H2,(H2,12,13). The Labute approximate surface area is 88.0 Å². The first-order valence-corrected chi connectivity index (χ1v) is 4.84. The van der Waals surface area contributed by atoms with E-state index in [1.807, 2.05) is 12.1 Å². The number of hydrogen-bond acceptors (Lipinski definition) is 3. The normalized spacial score (nSPS) is 18.8. The molecule has 0 saturated carbocycles. The maximum absolute atomic E-state index is 10.8. The van der Waals surface area contributed by atoms with Crippen molar-refractivity contribution in [3.63, 3.8) is 0 Å². The summed E-state index contributed by atoms with van der Waals surface area (Å²) < 4.78 is 10.4. The van der Waals surface area contributed by atoms with Gasteiger partial charge in [-0.2, -0.15) is 0 Å². The van der Waals surface area contributed by atoms with E-state index >= 15 is 0 Å². The molecule has 4 heteroatoms. The van der Waals surface area contributed by atoms with Gasteiger partial charge in [0.05, 0.1) is 19.8 Å². The molecule has 0 spiro atoms. The predicted molar refractivity (Wildman–Crippen MR) is 54.4 cm³/mol. The largest absolute Gasteiger partial charge is 0.374 e. The number of benzene rings is 1. The fourth-order valence-corrected chi connectivity index (χ4v) is 1.24. The lowest BCUT2D eigenvalue weighted by Gasteiger charge is -2.02. The number of carbonyl (C=O) groups is 1. The van der Waals surface area contributed by atoms with Crippen molar-refractivity contribution in [2.75, 3.05) is 13.2 Å². The minimum absolute atomic E-state index is 0.287. The smallest absolute Gasteiger partial charge is 0.248 e. The van der Waals surface area contributed by atoms with Crippen LogP contribution < -0.4 is 5.73 Å². The third kappa shape index (κ3) is 3.04. The molecule has 1 aromatic carbocycles. The van der Waals surface area contributed by atoms with Gasteiger partial charge in [-0.05, 0) is 17.7 Å². The molecule has 0 bridgehead atoms. The van der Waals surface area contributed by atoms with Crippen molar-refractivity contribution in [3.05, 3.63) is 35.4 Å². The zero-order chi connectivity index (χ0) is 10.7. The molecule has 1 aliphatic rings. The molecule has 1 aliphatic heterocycles. The van der Waals surface area contributed by atoms with E-state index in [1.165, 1.54) is 0 Å². The van der Waals surface area contributed by atoms with Gasteiger partial charge < -0.3 is 15.2 Å². The van der Waals surface area contributed by atoms with Gasteiger partial charge in [0.15, 0.2) is 0 Å². The van der Waals surface area contributed by atoms with Crippen molar-refractivity contribution < 1.29 is 14.3 Å². The van der Waals surface area contributed by atoms with E-state index in [1.54, 1.807) is 12.1 Å². The molecule has 80 valence electrons. The van der Waals surface area contributed by atoms with E-state index in [4.69, 9.17) is 15.2 Å².